The average molecular weight is 334 g/mol. The average Bonchev–Trinajstić information content (AvgIpc) is 2.63. The number of carbonyl (C=O) groups excluding carboxylic acids is 1. The van der Waals surface area contributed by atoms with Crippen molar-refractivity contribution in [2.24, 2.45) is 10.9 Å². The van der Waals surface area contributed by atoms with Crippen LogP contribution in [-0.2, 0) is 16.1 Å². The zero-order valence-electron chi connectivity index (χ0n) is 14.6. The van der Waals surface area contributed by atoms with Gasteiger partial charge in [-0.15, -0.1) is 0 Å². The number of aliphatic imine (C=N–C) groups is 1. The van der Waals surface area contributed by atoms with Crippen LogP contribution in [0.5, 0.6) is 5.88 Å². The molecule has 0 aliphatic carbocycles. The molecule has 132 valence electrons. The Morgan fingerprint density at radius 3 is 2.83 bits per heavy atom. The molecule has 0 radical (unpaired) electrons. The number of piperidine rings is 1. The van der Waals surface area contributed by atoms with Gasteiger partial charge in [-0.25, -0.2) is 4.98 Å². The summed E-state index contributed by atoms with van der Waals surface area (Å²) < 4.78 is 10.2. The summed E-state index contributed by atoms with van der Waals surface area (Å²) in [6.45, 7) is 4.51. The van der Waals surface area contributed by atoms with Crippen LogP contribution < -0.4 is 10.1 Å². The van der Waals surface area contributed by atoms with E-state index in [1.54, 1.807) is 20.4 Å². The van der Waals surface area contributed by atoms with Crippen LogP contribution in [-0.4, -0.2) is 55.7 Å². The SMILES string of the molecule is CCOC(=O)C1CCN(C(=NC)NCc2ccnc(OC)c2)CC1. The van der Waals surface area contributed by atoms with E-state index in [0.29, 0.717) is 19.0 Å². The summed E-state index contributed by atoms with van der Waals surface area (Å²) in [5.74, 6) is 1.36. The summed E-state index contributed by atoms with van der Waals surface area (Å²) in [5, 5.41) is 3.35. The summed E-state index contributed by atoms with van der Waals surface area (Å²) in [7, 11) is 3.37. The molecule has 7 nitrogen and oxygen atoms in total. The van der Waals surface area contributed by atoms with Crippen LogP contribution in [0.4, 0.5) is 0 Å². The fourth-order valence-corrected chi connectivity index (χ4v) is 2.77. The van der Waals surface area contributed by atoms with Gasteiger partial charge in [0, 0.05) is 38.9 Å². The van der Waals surface area contributed by atoms with E-state index >= 15 is 0 Å². The predicted octanol–water partition coefficient (Wildman–Crippen LogP) is 1.44. The van der Waals surface area contributed by atoms with Gasteiger partial charge >= 0.3 is 5.97 Å². The second-order valence-corrected chi connectivity index (χ2v) is 5.62. The maximum atomic E-state index is 11.8. The number of nitrogens with one attached hydrogen (secondary N) is 1. The van der Waals surface area contributed by atoms with Crippen LogP contribution in [0.25, 0.3) is 0 Å². The Labute approximate surface area is 143 Å². The Morgan fingerprint density at radius 2 is 2.21 bits per heavy atom. The van der Waals surface area contributed by atoms with Crippen molar-refractivity contribution < 1.29 is 14.3 Å². The third-order valence-corrected chi connectivity index (χ3v) is 4.09. The van der Waals surface area contributed by atoms with Gasteiger partial charge in [0.15, 0.2) is 5.96 Å². The third-order valence-electron chi connectivity index (χ3n) is 4.09. The maximum absolute atomic E-state index is 11.8. The number of pyridine rings is 1. The second kappa shape index (κ2) is 9.10. The van der Waals surface area contributed by atoms with Crippen molar-refractivity contribution in [1.82, 2.24) is 15.2 Å². The molecular weight excluding hydrogens is 308 g/mol. The number of guanidine groups is 1. The number of methoxy groups -OCH3 is 1. The minimum atomic E-state index is -0.0797. The van der Waals surface area contributed by atoms with E-state index in [1.165, 1.54) is 0 Å². The molecule has 7 heteroatoms. The van der Waals surface area contributed by atoms with E-state index in [2.05, 4.69) is 20.2 Å². The van der Waals surface area contributed by atoms with E-state index in [0.717, 1.165) is 37.5 Å². The summed E-state index contributed by atoms with van der Waals surface area (Å²) in [4.78, 5) is 22.4. The van der Waals surface area contributed by atoms with Crippen molar-refractivity contribution in [2.45, 2.75) is 26.3 Å². The van der Waals surface area contributed by atoms with Crippen molar-refractivity contribution >= 4 is 11.9 Å². The Bertz CT molecular complexity index is 569. The van der Waals surface area contributed by atoms with Crippen molar-refractivity contribution in [2.75, 3.05) is 33.9 Å². The molecule has 0 atom stereocenters. The highest BCUT2D eigenvalue weighted by Crippen LogP contribution is 2.19. The molecule has 0 unspecified atom stereocenters. The molecule has 0 spiro atoms. The molecule has 0 aromatic carbocycles. The largest absolute Gasteiger partial charge is 0.481 e. The highest BCUT2D eigenvalue weighted by atomic mass is 16.5. The Kier molecular flexibility index (Phi) is 6.84. The monoisotopic (exact) mass is 334 g/mol. The van der Waals surface area contributed by atoms with Gasteiger partial charge in [-0.2, -0.15) is 0 Å². The smallest absolute Gasteiger partial charge is 0.309 e. The maximum Gasteiger partial charge on any atom is 0.309 e. The molecule has 1 aliphatic heterocycles. The minimum absolute atomic E-state index is 0.00349. The number of hydrogen-bond donors (Lipinski definition) is 1. The minimum Gasteiger partial charge on any atom is -0.481 e. The van der Waals surface area contributed by atoms with Crippen molar-refractivity contribution in [3.8, 4) is 5.88 Å². The number of aromatic nitrogens is 1. The molecule has 1 aliphatic rings. The lowest BCUT2D eigenvalue weighted by atomic mass is 9.97. The predicted molar refractivity (Wildman–Crippen MR) is 91.9 cm³/mol. The van der Waals surface area contributed by atoms with Crippen LogP contribution in [0.15, 0.2) is 23.3 Å². The molecule has 24 heavy (non-hydrogen) atoms. The van der Waals surface area contributed by atoms with Gasteiger partial charge in [0.2, 0.25) is 5.88 Å². The lowest BCUT2D eigenvalue weighted by Crippen LogP contribution is -2.46. The molecule has 2 heterocycles. The first-order chi connectivity index (χ1) is 11.7. The van der Waals surface area contributed by atoms with Gasteiger partial charge in [-0.3, -0.25) is 9.79 Å². The quantitative estimate of drug-likeness (QED) is 0.499. The zero-order valence-corrected chi connectivity index (χ0v) is 14.6. The van der Waals surface area contributed by atoms with Gasteiger partial charge in [0.05, 0.1) is 19.6 Å². The fraction of sp³-hybridized carbons (Fsp3) is 0.588. The molecule has 1 N–H and O–H groups in total. The number of esters is 1. The number of hydrogen-bond acceptors (Lipinski definition) is 5. The lowest BCUT2D eigenvalue weighted by molar-refractivity contribution is -0.149. The normalized spacial score (nSPS) is 16.0. The van der Waals surface area contributed by atoms with Crippen LogP contribution >= 0.6 is 0 Å². The first-order valence-corrected chi connectivity index (χ1v) is 8.29. The lowest BCUT2D eigenvalue weighted by Gasteiger charge is -2.33. The summed E-state index contributed by atoms with van der Waals surface area (Å²) in [6, 6.07) is 3.84. The van der Waals surface area contributed by atoms with Crippen LogP contribution in [0.3, 0.4) is 0 Å². The van der Waals surface area contributed by atoms with Crippen LogP contribution in [0.2, 0.25) is 0 Å². The van der Waals surface area contributed by atoms with Gasteiger partial charge in [0.1, 0.15) is 0 Å². The van der Waals surface area contributed by atoms with Gasteiger partial charge in [0.25, 0.3) is 0 Å². The number of likely N-dealkylation sites (tertiary alicyclic amines) is 1. The topological polar surface area (TPSA) is 76.0 Å². The van der Waals surface area contributed by atoms with E-state index in [9.17, 15) is 4.79 Å². The molecule has 1 aromatic rings. The highest BCUT2D eigenvalue weighted by molar-refractivity contribution is 5.80. The molecule has 0 saturated carbocycles. The molecular formula is C17H26N4O3. The number of nitrogens with zero attached hydrogens (tertiary/aromatic N) is 3. The summed E-state index contributed by atoms with van der Waals surface area (Å²) >= 11 is 0. The molecule has 2 rings (SSSR count). The number of ether oxygens (including phenoxy) is 2. The first-order valence-electron chi connectivity index (χ1n) is 8.29. The highest BCUT2D eigenvalue weighted by Gasteiger charge is 2.27. The molecule has 0 amide bonds. The molecule has 1 saturated heterocycles. The molecule has 1 aromatic heterocycles. The Morgan fingerprint density at radius 1 is 1.46 bits per heavy atom. The van der Waals surface area contributed by atoms with Crippen LogP contribution in [0.1, 0.15) is 25.3 Å². The van der Waals surface area contributed by atoms with E-state index in [4.69, 9.17) is 9.47 Å². The van der Waals surface area contributed by atoms with Crippen molar-refractivity contribution in [3.05, 3.63) is 23.9 Å². The second-order valence-electron chi connectivity index (χ2n) is 5.62. The molecule has 0 bridgehead atoms. The molecule has 1 fully saturated rings. The zero-order chi connectivity index (χ0) is 17.4. The number of rotatable bonds is 5. The van der Waals surface area contributed by atoms with Gasteiger partial charge < -0.3 is 19.7 Å². The standard InChI is InChI=1S/C17H26N4O3/c1-4-24-16(22)14-6-9-21(10-7-14)17(18-2)20-12-13-5-8-19-15(11-13)23-3/h5,8,11,14H,4,6-7,9-10,12H2,1-3H3,(H,18,20). The number of carbonyl (C=O) groups is 1. The van der Waals surface area contributed by atoms with Crippen molar-refractivity contribution in [1.29, 1.82) is 0 Å². The van der Waals surface area contributed by atoms with Gasteiger partial charge in [-0.1, -0.05) is 0 Å². The summed E-state index contributed by atoms with van der Waals surface area (Å²) in [6.07, 6.45) is 3.31. The van der Waals surface area contributed by atoms with Gasteiger partial charge in [-0.05, 0) is 31.4 Å². The first kappa shape index (κ1) is 18.0. The van der Waals surface area contributed by atoms with E-state index in [1.807, 2.05) is 19.1 Å². The van der Waals surface area contributed by atoms with Crippen LogP contribution in [0, 0.1) is 5.92 Å². The Balaban J connectivity index is 1.85. The summed E-state index contributed by atoms with van der Waals surface area (Å²) in [5.41, 5.74) is 1.07. The fourth-order valence-electron chi connectivity index (χ4n) is 2.77. The van der Waals surface area contributed by atoms with Crippen molar-refractivity contribution in [3.63, 3.8) is 0 Å². The van der Waals surface area contributed by atoms with E-state index < -0.39 is 0 Å². The third kappa shape index (κ3) is 4.84. The van der Waals surface area contributed by atoms with E-state index in [-0.39, 0.29) is 11.9 Å². The Hall–Kier alpha value is -2.31.